The van der Waals surface area contributed by atoms with Crippen LogP contribution in [-0.4, -0.2) is 25.9 Å². The summed E-state index contributed by atoms with van der Waals surface area (Å²) in [6, 6.07) is 0. The summed E-state index contributed by atoms with van der Waals surface area (Å²) < 4.78 is 0. The van der Waals surface area contributed by atoms with Crippen LogP contribution in [0.2, 0.25) is 0 Å². The summed E-state index contributed by atoms with van der Waals surface area (Å²) in [5, 5.41) is 0. The molecule has 2 radical (unpaired) electrons. The third kappa shape index (κ3) is 1.05. The van der Waals surface area contributed by atoms with Crippen LogP contribution in [0.15, 0.2) is 0 Å². The van der Waals surface area contributed by atoms with Crippen molar-refractivity contribution in [3.05, 3.63) is 0 Å². The summed E-state index contributed by atoms with van der Waals surface area (Å²) in [5.74, 6) is 1.58. The molecule has 0 unspecified atom stereocenters. The van der Waals surface area contributed by atoms with Crippen molar-refractivity contribution < 1.29 is 0 Å². The predicted octanol–water partition coefficient (Wildman–Crippen LogP) is 0.658. The number of rotatable bonds is 0. The maximum absolute atomic E-state index is 5.55. The van der Waals surface area contributed by atoms with Crippen molar-refractivity contribution in [2.24, 2.45) is 11.8 Å². The van der Waals surface area contributed by atoms with Crippen molar-refractivity contribution in [2.45, 2.75) is 13.8 Å². The Labute approximate surface area is 52.5 Å². The van der Waals surface area contributed by atoms with Gasteiger partial charge in [0, 0.05) is 0 Å². The third-order valence-corrected chi connectivity index (χ3v) is 2.02. The molecule has 1 nitrogen and oxygen atoms in total. The largest absolute Gasteiger partial charge is 0.353 e. The molecule has 1 heterocycles. The van der Waals surface area contributed by atoms with Gasteiger partial charge in [-0.3, -0.25) is 0 Å². The fourth-order valence-electron chi connectivity index (χ4n) is 1.17. The van der Waals surface area contributed by atoms with Gasteiger partial charge in [0.1, 0.15) is 0 Å². The van der Waals surface area contributed by atoms with E-state index >= 15 is 0 Å². The maximum atomic E-state index is 5.55. The fraction of sp³-hybridized carbons (Fsp3) is 1.00. The van der Waals surface area contributed by atoms with Crippen LogP contribution in [0, 0.1) is 11.8 Å². The summed E-state index contributed by atoms with van der Waals surface area (Å²) >= 11 is 0. The zero-order chi connectivity index (χ0) is 6.15. The Bertz CT molecular complexity index is 74.6. The molecule has 2 heteroatoms. The van der Waals surface area contributed by atoms with Gasteiger partial charge >= 0.3 is 0 Å². The molecule has 8 heavy (non-hydrogen) atoms. The Kier molecular flexibility index (Phi) is 1.61. The van der Waals surface area contributed by atoms with Gasteiger partial charge < -0.3 is 4.81 Å². The van der Waals surface area contributed by atoms with Gasteiger partial charge in [-0.15, -0.1) is 0 Å². The van der Waals surface area contributed by atoms with E-state index in [9.17, 15) is 0 Å². The molecule has 0 aromatic carbocycles. The first-order valence-corrected chi connectivity index (χ1v) is 3.20. The van der Waals surface area contributed by atoms with E-state index in [-0.39, 0.29) is 0 Å². The van der Waals surface area contributed by atoms with Gasteiger partial charge in [-0.05, 0) is 24.9 Å². The highest BCUT2D eigenvalue weighted by atomic mass is 15.1. The predicted molar refractivity (Wildman–Crippen MR) is 35.7 cm³/mol. The lowest BCUT2D eigenvalue weighted by Gasteiger charge is -2.03. The van der Waals surface area contributed by atoms with Crippen LogP contribution >= 0.6 is 0 Å². The minimum Gasteiger partial charge on any atom is -0.353 e. The van der Waals surface area contributed by atoms with Crippen LogP contribution in [0.1, 0.15) is 13.8 Å². The summed E-state index contributed by atoms with van der Waals surface area (Å²) in [7, 11) is 5.55. The zero-order valence-corrected chi connectivity index (χ0v) is 5.59. The first-order chi connectivity index (χ1) is 3.70. The SMILES string of the molecule is [B]N1C[C@@H](C)[C@@H](C)C1. The Hall–Kier alpha value is 0.0249. The monoisotopic (exact) mass is 109 g/mol. The van der Waals surface area contributed by atoms with E-state index in [2.05, 4.69) is 13.8 Å². The summed E-state index contributed by atoms with van der Waals surface area (Å²) in [6.45, 7) is 6.64. The van der Waals surface area contributed by atoms with Gasteiger partial charge in [-0.25, -0.2) is 0 Å². The Balaban J connectivity index is 2.39. The van der Waals surface area contributed by atoms with E-state index in [4.69, 9.17) is 7.98 Å². The molecule has 0 spiro atoms. The van der Waals surface area contributed by atoms with Crippen LogP contribution in [-0.2, 0) is 0 Å². The van der Waals surface area contributed by atoms with Crippen LogP contribution in [0.25, 0.3) is 0 Å². The molecule has 0 amide bonds. The number of hydrogen-bond acceptors (Lipinski definition) is 1. The molecule has 0 aromatic rings. The molecule has 0 aromatic heterocycles. The molecule has 1 rings (SSSR count). The minimum absolute atomic E-state index is 0.792. The highest BCUT2D eigenvalue weighted by Crippen LogP contribution is 2.19. The van der Waals surface area contributed by atoms with Crippen LogP contribution in [0.3, 0.4) is 0 Å². The van der Waals surface area contributed by atoms with Gasteiger partial charge in [0.25, 0.3) is 0 Å². The lowest BCUT2D eigenvalue weighted by molar-refractivity contribution is 0.494. The van der Waals surface area contributed by atoms with E-state index in [0.717, 1.165) is 24.9 Å². The molecule has 1 aliphatic heterocycles. The molecule has 44 valence electrons. The zero-order valence-electron chi connectivity index (χ0n) is 5.59. The van der Waals surface area contributed by atoms with Gasteiger partial charge in [0.15, 0.2) is 7.98 Å². The van der Waals surface area contributed by atoms with Crippen molar-refractivity contribution in [1.29, 1.82) is 0 Å². The molecule has 2 atom stereocenters. The summed E-state index contributed by atoms with van der Waals surface area (Å²) in [5.41, 5.74) is 0. The Morgan fingerprint density at radius 2 is 1.62 bits per heavy atom. The second-order valence-corrected chi connectivity index (χ2v) is 2.91. The van der Waals surface area contributed by atoms with Crippen molar-refractivity contribution in [3.63, 3.8) is 0 Å². The standard InChI is InChI=1S/C6H12BN/c1-5-3-8(7)4-6(5)2/h5-6H,3-4H2,1-2H3/t5-,6+. The normalized spacial score (nSPS) is 40.8. The lowest BCUT2D eigenvalue weighted by atomic mass is 10.0. The second-order valence-electron chi connectivity index (χ2n) is 2.91. The van der Waals surface area contributed by atoms with Crippen molar-refractivity contribution in [2.75, 3.05) is 13.1 Å². The molecule has 0 aliphatic carbocycles. The molecular weight excluding hydrogens is 96.9 g/mol. The van der Waals surface area contributed by atoms with E-state index in [1.807, 2.05) is 4.81 Å². The molecular formula is C6H12BN. The van der Waals surface area contributed by atoms with E-state index in [1.165, 1.54) is 0 Å². The van der Waals surface area contributed by atoms with Crippen LogP contribution in [0.5, 0.6) is 0 Å². The second kappa shape index (κ2) is 2.10. The average molecular weight is 109 g/mol. The molecule has 0 saturated carbocycles. The molecule has 0 N–H and O–H groups in total. The third-order valence-electron chi connectivity index (χ3n) is 2.02. The van der Waals surface area contributed by atoms with Gasteiger partial charge in [0.05, 0.1) is 0 Å². The fourth-order valence-corrected chi connectivity index (χ4v) is 1.17. The Morgan fingerprint density at radius 3 is 1.75 bits per heavy atom. The van der Waals surface area contributed by atoms with Gasteiger partial charge in [-0.1, -0.05) is 13.8 Å². The van der Waals surface area contributed by atoms with Crippen LogP contribution in [0.4, 0.5) is 0 Å². The van der Waals surface area contributed by atoms with Crippen molar-refractivity contribution >= 4 is 7.98 Å². The molecule has 1 fully saturated rings. The quantitative estimate of drug-likeness (QED) is 0.413. The first-order valence-electron chi connectivity index (χ1n) is 3.20. The van der Waals surface area contributed by atoms with E-state index in [1.54, 1.807) is 0 Å². The molecule has 0 bridgehead atoms. The molecule has 1 saturated heterocycles. The average Bonchev–Trinajstić information content (AvgIpc) is 1.85. The summed E-state index contributed by atoms with van der Waals surface area (Å²) in [4.78, 5) is 1.90. The highest BCUT2D eigenvalue weighted by Gasteiger charge is 2.21. The maximum Gasteiger partial charge on any atom is 0.182 e. The Morgan fingerprint density at radius 1 is 1.25 bits per heavy atom. The number of nitrogens with zero attached hydrogens (tertiary/aromatic N) is 1. The van der Waals surface area contributed by atoms with E-state index < -0.39 is 0 Å². The molecule has 1 aliphatic rings. The smallest absolute Gasteiger partial charge is 0.182 e. The topological polar surface area (TPSA) is 3.24 Å². The van der Waals surface area contributed by atoms with Crippen molar-refractivity contribution in [1.82, 2.24) is 4.81 Å². The van der Waals surface area contributed by atoms with Crippen molar-refractivity contribution in [3.8, 4) is 0 Å². The van der Waals surface area contributed by atoms with Crippen LogP contribution < -0.4 is 0 Å². The number of hydrogen-bond donors (Lipinski definition) is 0. The summed E-state index contributed by atoms with van der Waals surface area (Å²) in [6.07, 6.45) is 0. The first kappa shape index (κ1) is 6.15. The van der Waals surface area contributed by atoms with Gasteiger partial charge in [-0.2, -0.15) is 0 Å². The van der Waals surface area contributed by atoms with Gasteiger partial charge in [0.2, 0.25) is 0 Å². The highest BCUT2D eigenvalue weighted by molar-refractivity contribution is 6.04. The minimum atomic E-state index is 0.792. The van der Waals surface area contributed by atoms with E-state index in [0.29, 0.717) is 0 Å². The lowest BCUT2D eigenvalue weighted by Crippen LogP contribution is -2.15.